The lowest BCUT2D eigenvalue weighted by molar-refractivity contribution is 0.401. The molecule has 82 valence electrons. The van der Waals surface area contributed by atoms with Crippen molar-refractivity contribution in [2.24, 2.45) is 5.92 Å². The second kappa shape index (κ2) is 4.65. The van der Waals surface area contributed by atoms with Crippen LogP contribution in [0.4, 0.5) is 10.1 Å². The summed E-state index contributed by atoms with van der Waals surface area (Å²) in [6, 6.07) is 7.09. The second-order valence-corrected chi connectivity index (χ2v) is 4.31. The first kappa shape index (κ1) is 10.5. The SMILES string of the molecule is CCC1CCCN(c2ccccc2F)C1. The van der Waals surface area contributed by atoms with Crippen molar-refractivity contribution in [3.05, 3.63) is 30.1 Å². The highest BCUT2D eigenvalue weighted by molar-refractivity contribution is 5.47. The number of hydrogen-bond donors (Lipinski definition) is 0. The summed E-state index contributed by atoms with van der Waals surface area (Å²) in [5, 5.41) is 0. The molecular formula is C13H18FN. The topological polar surface area (TPSA) is 3.24 Å². The Balaban J connectivity index is 2.13. The highest BCUT2D eigenvalue weighted by Crippen LogP contribution is 2.26. The fourth-order valence-electron chi connectivity index (χ4n) is 2.33. The molecule has 1 aliphatic heterocycles. The van der Waals surface area contributed by atoms with Crippen LogP contribution in [0.2, 0.25) is 0 Å². The van der Waals surface area contributed by atoms with E-state index >= 15 is 0 Å². The summed E-state index contributed by atoms with van der Waals surface area (Å²) in [6.07, 6.45) is 3.68. The lowest BCUT2D eigenvalue weighted by atomic mass is 9.95. The van der Waals surface area contributed by atoms with E-state index in [9.17, 15) is 4.39 Å². The Bertz CT molecular complexity index is 324. The molecule has 0 N–H and O–H groups in total. The molecule has 1 aromatic rings. The largest absolute Gasteiger partial charge is 0.369 e. The molecule has 1 aromatic carbocycles. The first-order valence-electron chi connectivity index (χ1n) is 5.80. The Morgan fingerprint density at radius 3 is 2.93 bits per heavy atom. The van der Waals surface area contributed by atoms with E-state index < -0.39 is 0 Å². The monoisotopic (exact) mass is 207 g/mol. The lowest BCUT2D eigenvalue weighted by Gasteiger charge is -2.34. The molecule has 1 saturated heterocycles. The van der Waals surface area contributed by atoms with Gasteiger partial charge in [0, 0.05) is 13.1 Å². The normalized spacial score (nSPS) is 21.7. The average Bonchev–Trinajstić information content (AvgIpc) is 2.30. The number of benzene rings is 1. The zero-order valence-electron chi connectivity index (χ0n) is 9.25. The Kier molecular flexibility index (Phi) is 3.24. The van der Waals surface area contributed by atoms with Crippen LogP contribution in [0.1, 0.15) is 26.2 Å². The van der Waals surface area contributed by atoms with Gasteiger partial charge in [0.05, 0.1) is 5.69 Å². The van der Waals surface area contributed by atoms with E-state index in [4.69, 9.17) is 0 Å². The van der Waals surface area contributed by atoms with Gasteiger partial charge in [-0.15, -0.1) is 0 Å². The minimum Gasteiger partial charge on any atom is -0.369 e. The van der Waals surface area contributed by atoms with Gasteiger partial charge in [-0.3, -0.25) is 0 Å². The predicted octanol–water partition coefficient (Wildman–Crippen LogP) is 3.45. The molecule has 1 nitrogen and oxygen atoms in total. The van der Waals surface area contributed by atoms with E-state index in [2.05, 4.69) is 11.8 Å². The number of piperidine rings is 1. The van der Waals surface area contributed by atoms with E-state index in [0.717, 1.165) is 24.7 Å². The Morgan fingerprint density at radius 2 is 2.20 bits per heavy atom. The second-order valence-electron chi connectivity index (χ2n) is 4.31. The number of para-hydroxylation sites is 1. The van der Waals surface area contributed by atoms with Gasteiger partial charge < -0.3 is 4.90 Å². The van der Waals surface area contributed by atoms with Crippen molar-refractivity contribution in [3.63, 3.8) is 0 Å². The molecule has 0 aliphatic carbocycles. The van der Waals surface area contributed by atoms with Gasteiger partial charge in [0.1, 0.15) is 5.82 Å². The van der Waals surface area contributed by atoms with Crippen LogP contribution < -0.4 is 4.90 Å². The van der Waals surface area contributed by atoms with Crippen LogP contribution in [-0.2, 0) is 0 Å². The van der Waals surface area contributed by atoms with Gasteiger partial charge in [0.25, 0.3) is 0 Å². The summed E-state index contributed by atoms with van der Waals surface area (Å²) in [5.74, 6) is 0.646. The van der Waals surface area contributed by atoms with Gasteiger partial charge in [-0.05, 0) is 30.9 Å². The van der Waals surface area contributed by atoms with Crippen LogP contribution in [-0.4, -0.2) is 13.1 Å². The van der Waals surface area contributed by atoms with Gasteiger partial charge >= 0.3 is 0 Å². The number of anilines is 1. The number of nitrogens with zero attached hydrogens (tertiary/aromatic N) is 1. The Labute approximate surface area is 90.9 Å². The molecule has 1 heterocycles. The van der Waals surface area contributed by atoms with E-state index in [1.807, 2.05) is 12.1 Å². The van der Waals surface area contributed by atoms with Gasteiger partial charge in [-0.2, -0.15) is 0 Å². The molecule has 2 rings (SSSR count). The van der Waals surface area contributed by atoms with Crippen molar-refractivity contribution >= 4 is 5.69 Å². The molecular weight excluding hydrogens is 189 g/mol. The highest BCUT2D eigenvalue weighted by Gasteiger charge is 2.20. The number of hydrogen-bond acceptors (Lipinski definition) is 1. The highest BCUT2D eigenvalue weighted by atomic mass is 19.1. The zero-order chi connectivity index (χ0) is 10.7. The molecule has 0 aromatic heterocycles. The minimum atomic E-state index is -0.0887. The van der Waals surface area contributed by atoms with Crippen molar-refractivity contribution in [1.29, 1.82) is 0 Å². The standard InChI is InChI=1S/C13H18FN/c1-2-11-6-5-9-15(10-11)13-8-4-3-7-12(13)14/h3-4,7-8,11H,2,5-6,9-10H2,1H3. The minimum absolute atomic E-state index is 0.0887. The van der Waals surface area contributed by atoms with Crippen molar-refractivity contribution in [3.8, 4) is 0 Å². The third-order valence-electron chi connectivity index (χ3n) is 3.29. The smallest absolute Gasteiger partial charge is 0.146 e. The molecule has 0 saturated carbocycles. The summed E-state index contributed by atoms with van der Waals surface area (Å²) in [7, 11) is 0. The molecule has 0 radical (unpaired) electrons. The van der Waals surface area contributed by atoms with Gasteiger partial charge in [0.15, 0.2) is 0 Å². The maximum Gasteiger partial charge on any atom is 0.146 e. The van der Waals surface area contributed by atoms with Crippen molar-refractivity contribution in [2.45, 2.75) is 26.2 Å². The quantitative estimate of drug-likeness (QED) is 0.718. The fraction of sp³-hybridized carbons (Fsp3) is 0.538. The summed E-state index contributed by atoms with van der Waals surface area (Å²) in [4.78, 5) is 2.19. The van der Waals surface area contributed by atoms with Crippen molar-refractivity contribution in [2.75, 3.05) is 18.0 Å². The Hall–Kier alpha value is -1.05. The third-order valence-corrected chi connectivity index (χ3v) is 3.29. The summed E-state index contributed by atoms with van der Waals surface area (Å²) in [5.41, 5.74) is 0.774. The predicted molar refractivity (Wildman–Crippen MR) is 61.6 cm³/mol. The van der Waals surface area contributed by atoms with Crippen LogP contribution in [0.15, 0.2) is 24.3 Å². The molecule has 1 atom stereocenters. The van der Waals surface area contributed by atoms with Crippen molar-refractivity contribution in [1.82, 2.24) is 0 Å². The molecule has 1 fully saturated rings. The molecule has 2 heteroatoms. The van der Waals surface area contributed by atoms with Gasteiger partial charge in [-0.25, -0.2) is 4.39 Å². The van der Waals surface area contributed by atoms with Gasteiger partial charge in [-0.1, -0.05) is 25.5 Å². The van der Waals surface area contributed by atoms with Crippen LogP contribution >= 0.6 is 0 Å². The molecule has 0 amide bonds. The summed E-state index contributed by atoms with van der Waals surface area (Å²) < 4.78 is 13.6. The molecule has 15 heavy (non-hydrogen) atoms. The molecule has 0 spiro atoms. The van der Waals surface area contributed by atoms with Crippen molar-refractivity contribution < 1.29 is 4.39 Å². The summed E-state index contributed by atoms with van der Waals surface area (Å²) >= 11 is 0. The van der Waals surface area contributed by atoms with E-state index in [1.165, 1.54) is 19.3 Å². The first-order chi connectivity index (χ1) is 7.31. The molecule has 1 aliphatic rings. The van der Waals surface area contributed by atoms with Crippen LogP contribution in [0.25, 0.3) is 0 Å². The lowest BCUT2D eigenvalue weighted by Crippen LogP contribution is -2.35. The van der Waals surface area contributed by atoms with Crippen LogP contribution in [0.5, 0.6) is 0 Å². The third kappa shape index (κ3) is 2.31. The summed E-state index contributed by atoms with van der Waals surface area (Å²) in [6.45, 7) is 4.23. The maximum absolute atomic E-state index is 13.6. The number of rotatable bonds is 2. The molecule has 0 bridgehead atoms. The van der Waals surface area contributed by atoms with E-state index in [-0.39, 0.29) is 5.82 Å². The first-order valence-corrected chi connectivity index (χ1v) is 5.80. The molecule has 1 unspecified atom stereocenters. The van der Waals surface area contributed by atoms with Crippen LogP contribution in [0.3, 0.4) is 0 Å². The van der Waals surface area contributed by atoms with Crippen LogP contribution in [0, 0.1) is 11.7 Å². The van der Waals surface area contributed by atoms with E-state index in [1.54, 1.807) is 12.1 Å². The van der Waals surface area contributed by atoms with E-state index in [0.29, 0.717) is 0 Å². The number of halogens is 1. The fourth-order valence-corrected chi connectivity index (χ4v) is 2.33. The Morgan fingerprint density at radius 1 is 1.40 bits per heavy atom. The average molecular weight is 207 g/mol. The zero-order valence-corrected chi connectivity index (χ0v) is 9.25. The van der Waals surface area contributed by atoms with Gasteiger partial charge in [0.2, 0.25) is 0 Å². The maximum atomic E-state index is 13.6.